The molecule has 0 saturated carbocycles. The van der Waals surface area contributed by atoms with Crippen molar-refractivity contribution in [3.63, 3.8) is 0 Å². The van der Waals surface area contributed by atoms with Gasteiger partial charge >= 0.3 is 6.18 Å². The number of hydrogen-bond donors (Lipinski definition) is 0. The van der Waals surface area contributed by atoms with Crippen LogP contribution in [0.5, 0.6) is 0 Å². The second-order valence-electron chi connectivity index (χ2n) is 4.99. The average Bonchev–Trinajstić information content (AvgIpc) is 2.60. The highest BCUT2D eigenvalue weighted by molar-refractivity contribution is 5.15. The van der Waals surface area contributed by atoms with Gasteiger partial charge in [-0.3, -0.25) is 9.58 Å². The fraction of sp³-hybridized carbons (Fsp3) is 0.750. The van der Waals surface area contributed by atoms with Crippen LogP contribution in [0.1, 0.15) is 24.1 Å². The molecule has 6 heteroatoms. The Morgan fingerprint density at radius 2 is 2.17 bits per heavy atom. The minimum atomic E-state index is -4.07. The number of halogens is 3. The van der Waals surface area contributed by atoms with Gasteiger partial charge in [-0.25, -0.2) is 0 Å². The Morgan fingerprint density at radius 1 is 1.44 bits per heavy atom. The lowest BCUT2D eigenvalue weighted by atomic mass is 9.97. The van der Waals surface area contributed by atoms with Gasteiger partial charge in [-0.05, 0) is 26.3 Å². The van der Waals surface area contributed by atoms with E-state index in [1.54, 1.807) is 10.9 Å². The Bertz CT molecular complexity index is 411. The molecule has 0 spiro atoms. The van der Waals surface area contributed by atoms with E-state index in [-0.39, 0.29) is 13.0 Å². The maximum Gasteiger partial charge on any atom is 0.393 e. The summed E-state index contributed by atoms with van der Waals surface area (Å²) in [4.78, 5) is 1.88. The van der Waals surface area contributed by atoms with Crippen LogP contribution in [0, 0.1) is 12.8 Å². The average molecular weight is 261 g/mol. The summed E-state index contributed by atoms with van der Waals surface area (Å²) >= 11 is 0. The van der Waals surface area contributed by atoms with Crippen molar-refractivity contribution in [3.8, 4) is 0 Å². The Morgan fingerprint density at radius 3 is 2.72 bits per heavy atom. The lowest BCUT2D eigenvalue weighted by molar-refractivity contribution is -0.187. The molecule has 1 saturated heterocycles. The minimum Gasteiger partial charge on any atom is -0.298 e. The molecule has 0 amide bonds. The summed E-state index contributed by atoms with van der Waals surface area (Å²) in [7, 11) is 1.84. The van der Waals surface area contributed by atoms with Crippen molar-refractivity contribution >= 4 is 0 Å². The van der Waals surface area contributed by atoms with Gasteiger partial charge in [-0.15, -0.1) is 0 Å². The van der Waals surface area contributed by atoms with Gasteiger partial charge in [0.15, 0.2) is 0 Å². The molecule has 1 atom stereocenters. The molecule has 0 aromatic carbocycles. The number of aromatic nitrogens is 2. The Labute approximate surface area is 105 Å². The van der Waals surface area contributed by atoms with Crippen LogP contribution in [-0.2, 0) is 13.6 Å². The maximum absolute atomic E-state index is 12.7. The fourth-order valence-corrected chi connectivity index (χ4v) is 2.41. The zero-order valence-corrected chi connectivity index (χ0v) is 10.7. The van der Waals surface area contributed by atoms with Gasteiger partial charge < -0.3 is 0 Å². The SMILES string of the molecule is Cc1c(CN2CCCC(C(F)(F)F)C2)cnn1C. The number of piperidine rings is 1. The molecule has 1 unspecified atom stereocenters. The second kappa shape index (κ2) is 4.91. The lowest BCUT2D eigenvalue weighted by Gasteiger charge is -2.33. The minimum absolute atomic E-state index is 0.109. The molecule has 1 fully saturated rings. The zero-order valence-electron chi connectivity index (χ0n) is 10.7. The van der Waals surface area contributed by atoms with Crippen LogP contribution in [0.2, 0.25) is 0 Å². The molecular weight excluding hydrogens is 243 g/mol. The molecule has 0 radical (unpaired) electrons. The summed E-state index contributed by atoms with van der Waals surface area (Å²) in [6, 6.07) is 0. The van der Waals surface area contributed by atoms with Crippen LogP contribution < -0.4 is 0 Å². The summed E-state index contributed by atoms with van der Waals surface area (Å²) in [5.74, 6) is -1.18. The molecular formula is C12H18F3N3. The van der Waals surface area contributed by atoms with Gasteiger partial charge in [-0.2, -0.15) is 18.3 Å². The van der Waals surface area contributed by atoms with Crippen LogP contribution in [0.4, 0.5) is 13.2 Å². The first-order valence-electron chi connectivity index (χ1n) is 6.14. The largest absolute Gasteiger partial charge is 0.393 e. The molecule has 2 rings (SSSR count). The van der Waals surface area contributed by atoms with Crippen LogP contribution in [-0.4, -0.2) is 33.9 Å². The predicted molar refractivity (Wildman–Crippen MR) is 62.0 cm³/mol. The monoisotopic (exact) mass is 261 g/mol. The van der Waals surface area contributed by atoms with Crippen LogP contribution >= 0.6 is 0 Å². The maximum atomic E-state index is 12.7. The molecule has 18 heavy (non-hydrogen) atoms. The van der Waals surface area contributed by atoms with Crippen molar-refractivity contribution in [3.05, 3.63) is 17.5 Å². The Balaban J connectivity index is 2.00. The van der Waals surface area contributed by atoms with E-state index in [0.717, 1.165) is 17.8 Å². The van der Waals surface area contributed by atoms with E-state index in [2.05, 4.69) is 5.10 Å². The molecule has 2 heterocycles. The smallest absolute Gasteiger partial charge is 0.298 e. The van der Waals surface area contributed by atoms with Crippen molar-refractivity contribution in [1.82, 2.24) is 14.7 Å². The van der Waals surface area contributed by atoms with Crippen molar-refractivity contribution in [1.29, 1.82) is 0 Å². The number of likely N-dealkylation sites (tertiary alicyclic amines) is 1. The molecule has 102 valence electrons. The normalized spacial score (nSPS) is 22.4. The molecule has 0 aliphatic carbocycles. The van der Waals surface area contributed by atoms with Crippen LogP contribution in [0.25, 0.3) is 0 Å². The first-order chi connectivity index (χ1) is 8.38. The van der Waals surface area contributed by atoms with E-state index in [4.69, 9.17) is 0 Å². The first-order valence-corrected chi connectivity index (χ1v) is 6.14. The number of aryl methyl sites for hydroxylation is 1. The second-order valence-corrected chi connectivity index (χ2v) is 4.99. The van der Waals surface area contributed by atoms with E-state index in [9.17, 15) is 13.2 Å². The molecule has 1 aliphatic heterocycles. The predicted octanol–water partition coefficient (Wildman–Crippen LogP) is 2.50. The van der Waals surface area contributed by atoms with E-state index >= 15 is 0 Å². The number of rotatable bonds is 2. The third-order valence-electron chi connectivity index (χ3n) is 3.70. The zero-order chi connectivity index (χ0) is 13.3. The molecule has 0 bridgehead atoms. The molecule has 0 N–H and O–H groups in total. The highest BCUT2D eigenvalue weighted by atomic mass is 19.4. The number of nitrogens with zero attached hydrogens (tertiary/aromatic N) is 3. The fourth-order valence-electron chi connectivity index (χ4n) is 2.41. The number of hydrogen-bond acceptors (Lipinski definition) is 2. The topological polar surface area (TPSA) is 21.1 Å². The van der Waals surface area contributed by atoms with Gasteiger partial charge in [0.25, 0.3) is 0 Å². The summed E-state index contributed by atoms with van der Waals surface area (Å²) in [6.07, 6.45) is -1.45. The third-order valence-corrected chi connectivity index (χ3v) is 3.70. The molecule has 3 nitrogen and oxygen atoms in total. The van der Waals surface area contributed by atoms with E-state index < -0.39 is 12.1 Å². The summed E-state index contributed by atoms with van der Waals surface area (Å²) < 4.78 is 39.8. The third kappa shape index (κ3) is 2.85. The van der Waals surface area contributed by atoms with Gasteiger partial charge in [0.1, 0.15) is 0 Å². The Kier molecular flexibility index (Phi) is 3.66. The summed E-state index contributed by atoms with van der Waals surface area (Å²) in [5.41, 5.74) is 2.03. The quantitative estimate of drug-likeness (QED) is 0.815. The molecule has 1 aromatic heterocycles. The van der Waals surface area contributed by atoms with E-state index in [1.165, 1.54) is 0 Å². The summed E-state index contributed by atoms with van der Waals surface area (Å²) in [6.45, 7) is 3.35. The van der Waals surface area contributed by atoms with Crippen molar-refractivity contribution in [2.24, 2.45) is 13.0 Å². The van der Waals surface area contributed by atoms with Crippen molar-refractivity contribution in [2.75, 3.05) is 13.1 Å². The van der Waals surface area contributed by atoms with Crippen molar-refractivity contribution in [2.45, 2.75) is 32.5 Å². The van der Waals surface area contributed by atoms with Gasteiger partial charge in [0.05, 0.1) is 12.1 Å². The van der Waals surface area contributed by atoms with E-state index in [0.29, 0.717) is 13.0 Å². The molecule has 1 aromatic rings. The lowest BCUT2D eigenvalue weighted by Crippen LogP contribution is -2.41. The van der Waals surface area contributed by atoms with E-state index in [1.807, 2.05) is 18.9 Å². The molecule has 1 aliphatic rings. The highest BCUT2D eigenvalue weighted by Crippen LogP contribution is 2.33. The standard InChI is InChI=1S/C12H18F3N3/c1-9-10(6-16-17(9)2)7-18-5-3-4-11(8-18)12(13,14)15/h6,11H,3-5,7-8H2,1-2H3. The summed E-state index contributed by atoms with van der Waals surface area (Å²) in [5, 5.41) is 4.12. The highest BCUT2D eigenvalue weighted by Gasteiger charge is 2.41. The number of alkyl halides is 3. The van der Waals surface area contributed by atoms with Gasteiger partial charge in [0, 0.05) is 31.4 Å². The van der Waals surface area contributed by atoms with Crippen LogP contribution in [0.15, 0.2) is 6.20 Å². The van der Waals surface area contributed by atoms with Crippen LogP contribution in [0.3, 0.4) is 0 Å². The Hall–Kier alpha value is -1.04. The first kappa shape index (κ1) is 13.4. The van der Waals surface area contributed by atoms with Gasteiger partial charge in [0.2, 0.25) is 0 Å². The van der Waals surface area contributed by atoms with Crippen molar-refractivity contribution < 1.29 is 13.2 Å². The van der Waals surface area contributed by atoms with Gasteiger partial charge in [-0.1, -0.05) is 0 Å².